The predicted octanol–water partition coefficient (Wildman–Crippen LogP) is 2.78. The van der Waals surface area contributed by atoms with Gasteiger partial charge in [-0.3, -0.25) is 0 Å². The Balaban J connectivity index is 0.000000531. The SMILES string of the molecule is CC.CO[C@H]1CCN(CC2CC2)CC1C. The van der Waals surface area contributed by atoms with Gasteiger partial charge in [-0.15, -0.1) is 0 Å². The maximum absolute atomic E-state index is 5.45. The number of methoxy groups -OCH3 is 1. The fraction of sp³-hybridized carbons (Fsp3) is 1.00. The first kappa shape index (κ1) is 13.0. The molecular weight excluding hydrogens is 186 g/mol. The first-order valence-corrected chi connectivity index (χ1v) is 6.54. The van der Waals surface area contributed by atoms with E-state index in [1.165, 1.54) is 38.9 Å². The molecule has 0 amide bonds. The average molecular weight is 213 g/mol. The summed E-state index contributed by atoms with van der Waals surface area (Å²) < 4.78 is 5.45. The zero-order valence-electron chi connectivity index (χ0n) is 10.8. The summed E-state index contributed by atoms with van der Waals surface area (Å²) in [4.78, 5) is 2.62. The van der Waals surface area contributed by atoms with Crippen molar-refractivity contribution >= 4 is 0 Å². The molecule has 0 bridgehead atoms. The van der Waals surface area contributed by atoms with Crippen LogP contribution in [0.2, 0.25) is 0 Å². The Labute approximate surface area is 95.0 Å². The lowest BCUT2D eigenvalue weighted by atomic mass is 9.96. The molecule has 0 aromatic carbocycles. The van der Waals surface area contributed by atoms with Gasteiger partial charge in [-0.2, -0.15) is 0 Å². The van der Waals surface area contributed by atoms with E-state index in [0.717, 1.165) is 11.8 Å². The number of hydrogen-bond acceptors (Lipinski definition) is 2. The summed E-state index contributed by atoms with van der Waals surface area (Å²) in [6.07, 6.45) is 4.68. The number of nitrogens with zero attached hydrogens (tertiary/aromatic N) is 1. The molecule has 2 fully saturated rings. The molecule has 1 unspecified atom stereocenters. The molecule has 90 valence electrons. The topological polar surface area (TPSA) is 12.5 Å². The van der Waals surface area contributed by atoms with Crippen LogP contribution in [0.1, 0.15) is 40.0 Å². The van der Waals surface area contributed by atoms with Crippen LogP contribution in [0.15, 0.2) is 0 Å². The molecule has 0 N–H and O–H groups in total. The summed E-state index contributed by atoms with van der Waals surface area (Å²) in [5.41, 5.74) is 0. The summed E-state index contributed by atoms with van der Waals surface area (Å²) in [7, 11) is 1.84. The van der Waals surface area contributed by atoms with Crippen LogP contribution in [0.4, 0.5) is 0 Å². The number of piperidine rings is 1. The quantitative estimate of drug-likeness (QED) is 0.715. The molecule has 2 aliphatic rings. The van der Waals surface area contributed by atoms with Gasteiger partial charge in [0.1, 0.15) is 0 Å². The highest BCUT2D eigenvalue weighted by Gasteiger charge is 2.30. The Hall–Kier alpha value is -0.0800. The molecule has 0 aromatic rings. The number of likely N-dealkylation sites (tertiary alicyclic amines) is 1. The van der Waals surface area contributed by atoms with Crippen molar-refractivity contribution in [2.75, 3.05) is 26.7 Å². The lowest BCUT2D eigenvalue weighted by Crippen LogP contribution is -2.43. The van der Waals surface area contributed by atoms with Crippen LogP contribution < -0.4 is 0 Å². The van der Waals surface area contributed by atoms with Gasteiger partial charge in [0.05, 0.1) is 6.10 Å². The first-order valence-electron chi connectivity index (χ1n) is 6.54. The summed E-state index contributed by atoms with van der Waals surface area (Å²) in [6.45, 7) is 10.2. The minimum Gasteiger partial charge on any atom is -0.381 e. The Kier molecular flexibility index (Phi) is 5.62. The highest BCUT2D eigenvalue weighted by atomic mass is 16.5. The van der Waals surface area contributed by atoms with Crippen LogP contribution in [0.5, 0.6) is 0 Å². The Bertz CT molecular complexity index is 168. The van der Waals surface area contributed by atoms with Crippen molar-refractivity contribution in [1.82, 2.24) is 4.90 Å². The molecule has 0 aromatic heterocycles. The third kappa shape index (κ3) is 4.12. The molecule has 2 atom stereocenters. The zero-order valence-corrected chi connectivity index (χ0v) is 10.8. The summed E-state index contributed by atoms with van der Waals surface area (Å²) in [5.74, 6) is 1.75. The second-order valence-corrected chi connectivity index (χ2v) is 4.74. The van der Waals surface area contributed by atoms with Gasteiger partial charge in [0.25, 0.3) is 0 Å². The van der Waals surface area contributed by atoms with Gasteiger partial charge in [0, 0.05) is 26.7 Å². The molecule has 0 spiro atoms. The van der Waals surface area contributed by atoms with Crippen LogP contribution >= 0.6 is 0 Å². The largest absolute Gasteiger partial charge is 0.381 e. The van der Waals surface area contributed by atoms with Crippen molar-refractivity contribution in [1.29, 1.82) is 0 Å². The van der Waals surface area contributed by atoms with Gasteiger partial charge < -0.3 is 9.64 Å². The van der Waals surface area contributed by atoms with Crippen LogP contribution in [-0.4, -0.2) is 37.7 Å². The molecule has 2 heteroatoms. The summed E-state index contributed by atoms with van der Waals surface area (Å²) in [6, 6.07) is 0. The lowest BCUT2D eigenvalue weighted by Gasteiger charge is -2.36. The fourth-order valence-corrected chi connectivity index (χ4v) is 2.39. The second kappa shape index (κ2) is 6.49. The van der Waals surface area contributed by atoms with E-state index < -0.39 is 0 Å². The molecule has 1 saturated carbocycles. The molecule has 1 heterocycles. The molecule has 2 rings (SSSR count). The zero-order chi connectivity index (χ0) is 11.3. The van der Waals surface area contributed by atoms with E-state index in [4.69, 9.17) is 4.74 Å². The first-order chi connectivity index (χ1) is 7.29. The monoisotopic (exact) mass is 213 g/mol. The van der Waals surface area contributed by atoms with Gasteiger partial charge in [-0.1, -0.05) is 20.8 Å². The fourth-order valence-electron chi connectivity index (χ4n) is 2.39. The summed E-state index contributed by atoms with van der Waals surface area (Å²) >= 11 is 0. The van der Waals surface area contributed by atoms with Gasteiger partial charge >= 0.3 is 0 Å². The van der Waals surface area contributed by atoms with E-state index in [1.807, 2.05) is 21.0 Å². The normalized spacial score (nSPS) is 32.0. The van der Waals surface area contributed by atoms with E-state index in [0.29, 0.717) is 6.10 Å². The van der Waals surface area contributed by atoms with E-state index >= 15 is 0 Å². The van der Waals surface area contributed by atoms with Crippen molar-refractivity contribution in [3.05, 3.63) is 0 Å². The van der Waals surface area contributed by atoms with Gasteiger partial charge in [0.15, 0.2) is 0 Å². The van der Waals surface area contributed by atoms with Crippen LogP contribution in [0.25, 0.3) is 0 Å². The highest BCUT2D eigenvalue weighted by Crippen LogP contribution is 2.31. The molecule has 0 radical (unpaired) electrons. The Morgan fingerprint density at radius 3 is 2.33 bits per heavy atom. The van der Waals surface area contributed by atoms with Crippen LogP contribution in [-0.2, 0) is 4.74 Å². The Morgan fingerprint density at radius 1 is 1.20 bits per heavy atom. The molecule has 1 aliphatic carbocycles. The van der Waals surface area contributed by atoms with Crippen molar-refractivity contribution < 1.29 is 4.74 Å². The van der Waals surface area contributed by atoms with Gasteiger partial charge in [-0.05, 0) is 31.1 Å². The van der Waals surface area contributed by atoms with Crippen LogP contribution in [0.3, 0.4) is 0 Å². The van der Waals surface area contributed by atoms with E-state index in [-0.39, 0.29) is 0 Å². The van der Waals surface area contributed by atoms with E-state index in [2.05, 4.69) is 11.8 Å². The molecule has 1 saturated heterocycles. The predicted molar refractivity (Wildman–Crippen MR) is 65.1 cm³/mol. The van der Waals surface area contributed by atoms with Gasteiger partial charge in [-0.25, -0.2) is 0 Å². The third-order valence-electron chi connectivity index (χ3n) is 3.43. The van der Waals surface area contributed by atoms with Crippen molar-refractivity contribution in [3.8, 4) is 0 Å². The van der Waals surface area contributed by atoms with E-state index in [9.17, 15) is 0 Å². The smallest absolute Gasteiger partial charge is 0.0621 e. The molecule has 15 heavy (non-hydrogen) atoms. The van der Waals surface area contributed by atoms with E-state index in [1.54, 1.807) is 0 Å². The number of hydrogen-bond donors (Lipinski definition) is 0. The maximum atomic E-state index is 5.45. The molecular formula is C13H27NO. The second-order valence-electron chi connectivity index (χ2n) is 4.74. The minimum atomic E-state index is 0.510. The van der Waals surface area contributed by atoms with Crippen molar-refractivity contribution in [3.63, 3.8) is 0 Å². The van der Waals surface area contributed by atoms with Gasteiger partial charge in [0.2, 0.25) is 0 Å². The lowest BCUT2D eigenvalue weighted by molar-refractivity contribution is -0.000549. The average Bonchev–Trinajstić information content (AvgIpc) is 3.05. The minimum absolute atomic E-state index is 0.510. The number of rotatable bonds is 3. The maximum Gasteiger partial charge on any atom is 0.0621 e. The van der Waals surface area contributed by atoms with Crippen molar-refractivity contribution in [2.24, 2.45) is 11.8 Å². The highest BCUT2D eigenvalue weighted by molar-refractivity contribution is 4.83. The number of ether oxygens (including phenoxy) is 1. The molecule has 1 aliphatic heterocycles. The van der Waals surface area contributed by atoms with Crippen molar-refractivity contribution in [2.45, 2.75) is 46.1 Å². The molecule has 2 nitrogen and oxygen atoms in total. The Morgan fingerprint density at radius 2 is 1.87 bits per heavy atom. The summed E-state index contributed by atoms with van der Waals surface area (Å²) in [5, 5.41) is 0. The van der Waals surface area contributed by atoms with Crippen LogP contribution in [0, 0.1) is 11.8 Å². The standard InChI is InChI=1S/C11H21NO.C2H6/c1-9-7-12(8-10-3-4-10)6-5-11(9)13-2;1-2/h9-11H,3-8H2,1-2H3;1-2H3/t9?,11-;/m0./s1. The third-order valence-corrected chi connectivity index (χ3v) is 3.43.